The maximum atomic E-state index is 2.63. The van der Waals surface area contributed by atoms with E-state index in [0.717, 1.165) is 11.4 Å². The van der Waals surface area contributed by atoms with Gasteiger partial charge in [0.15, 0.2) is 0 Å². The molecule has 0 bridgehead atoms. The molecule has 0 spiro atoms. The normalized spacial score (nSPS) is 13.1. The Hall–Kier alpha value is -7.10. The van der Waals surface area contributed by atoms with Crippen LogP contribution in [0.25, 0.3) is 97.7 Å². The van der Waals surface area contributed by atoms with E-state index in [2.05, 4.69) is 219 Å². The molecule has 0 aliphatic rings. The summed E-state index contributed by atoms with van der Waals surface area (Å²) in [6, 6.07) is 61.7. The van der Waals surface area contributed by atoms with Gasteiger partial charge in [-0.15, -0.1) is 0 Å². The smallest absolute Gasteiger partial charge is 0.0789 e. The third kappa shape index (κ3) is 4.58. The van der Waals surface area contributed by atoms with Crippen LogP contribution in [0.2, 0.25) is 0 Å². The van der Waals surface area contributed by atoms with E-state index in [4.69, 9.17) is 0 Å². The highest BCUT2D eigenvalue weighted by molar-refractivity contribution is 6.38. The molecule has 0 saturated heterocycles. The number of anilines is 3. The van der Waals surface area contributed by atoms with Crippen molar-refractivity contribution in [3.05, 3.63) is 175 Å². The molecule has 3 nitrogen and oxygen atoms in total. The monoisotopic (exact) mass is 783 g/mol. The largest absolute Gasteiger partial charge is 0.308 e. The first kappa shape index (κ1) is 34.7. The summed E-state index contributed by atoms with van der Waals surface area (Å²) < 4.78 is 5.21. The number of benzene rings is 9. The van der Waals surface area contributed by atoms with Gasteiger partial charge >= 0.3 is 0 Å². The molecule has 9 aromatic carbocycles. The zero-order chi connectivity index (χ0) is 41.1. The molecular formula is C58H45N3. The molecule has 0 fully saturated rings. The molecule has 292 valence electrons. The number of nitrogens with zero attached hydrogens (tertiary/aromatic N) is 3. The van der Waals surface area contributed by atoms with Crippen LogP contribution in [0.1, 0.15) is 52.7 Å². The fourth-order valence-electron chi connectivity index (χ4n) is 10.9. The van der Waals surface area contributed by atoms with Crippen molar-refractivity contribution >= 4 is 115 Å². The van der Waals surface area contributed by atoms with Crippen molar-refractivity contribution in [2.24, 2.45) is 0 Å². The summed E-state index contributed by atoms with van der Waals surface area (Å²) in [5, 5.41) is 15.6. The predicted octanol–water partition coefficient (Wildman–Crippen LogP) is 16.4. The number of aromatic nitrogens is 2. The number of fused-ring (bicyclic) bond motifs is 16. The fourth-order valence-corrected chi connectivity index (χ4v) is 10.9. The van der Waals surface area contributed by atoms with E-state index >= 15 is 0 Å². The number of rotatable bonds is 3. The summed E-state index contributed by atoms with van der Waals surface area (Å²) in [5.74, 6) is 0. The van der Waals surface area contributed by atoms with Crippen LogP contribution < -0.4 is 4.90 Å². The van der Waals surface area contributed by atoms with Gasteiger partial charge in [-0.2, -0.15) is 0 Å². The van der Waals surface area contributed by atoms with Gasteiger partial charge in [0.05, 0.1) is 38.8 Å². The summed E-state index contributed by atoms with van der Waals surface area (Å²) in [4.78, 5) is 2.49. The van der Waals surface area contributed by atoms with E-state index < -0.39 is 0 Å². The third-order valence-electron chi connectivity index (χ3n) is 13.8. The maximum Gasteiger partial charge on any atom is 0.0789 e. The molecule has 61 heavy (non-hydrogen) atoms. The van der Waals surface area contributed by atoms with Gasteiger partial charge in [0.2, 0.25) is 0 Å². The molecule has 13 rings (SSSR count). The van der Waals surface area contributed by atoms with Crippen LogP contribution in [0.5, 0.6) is 0 Å². The topological polar surface area (TPSA) is 12.1 Å². The fraction of sp³-hybridized carbons (Fsp3) is 0.138. The summed E-state index contributed by atoms with van der Waals surface area (Å²) >= 11 is 0. The lowest BCUT2D eigenvalue weighted by atomic mass is 9.84. The van der Waals surface area contributed by atoms with Crippen LogP contribution in [0.4, 0.5) is 17.1 Å². The Balaban J connectivity index is 1.29. The van der Waals surface area contributed by atoms with E-state index in [-0.39, 0.29) is 10.8 Å². The molecule has 0 N–H and O–H groups in total. The highest BCUT2D eigenvalue weighted by Crippen LogP contribution is 2.53. The van der Waals surface area contributed by atoms with Gasteiger partial charge in [-0.25, -0.2) is 0 Å². The number of hydrogen-bond donors (Lipinski definition) is 0. The average molecular weight is 784 g/mol. The van der Waals surface area contributed by atoms with Gasteiger partial charge in [0.1, 0.15) is 0 Å². The second kappa shape index (κ2) is 11.8. The minimum Gasteiger partial charge on any atom is -0.308 e. The van der Waals surface area contributed by atoms with Crippen LogP contribution in [-0.4, -0.2) is 8.80 Å². The lowest BCUT2D eigenvalue weighted by molar-refractivity contribution is 0.591. The Labute approximate surface area is 354 Å². The van der Waals surface area contributed by atoms with Gasteiger partial charge in [0.25, 0.3) is 0 Å². The molecule has 0 aliphatic heterocycles. The van der Waals surface area contributed by atoms with Crippen molar-refractivity contribution in [3.8, 4) is 0 Å². The quantitative estimate of drug-likeness (QED) is 0.174. The molecule has 4 heterocycles. The van der Waals surface area contributed by atoms with Crippen LogP contribution >= 0.6 is 0 Å². The maximum absolute atomic E-state index is 2.63. The van der Waals surface area contributed by atoms with E-state index in [9.17, 15) is 0 Å². The Morgan fingerprint density at radius 1 is 0.344 bits per heavy atom. The minimum atomic E-state index is -0.0679. The minimum absolute atomic E-state index is 0.0421. The summed E-state index contributed by atoms with van der Waals surface area (Å²) in [6.45, 7) is 14.1. The highest BCUT2D eigenvalue weighted by atomic mass is 15.2. The summed E-state index contributed by atoms with van der Waals surface area (Å²) in [7, 11) is 0. The van der Waals surface area contributed by atoms with E-state index in [1.807, 2.05) is 0 Å². The van der Waals surface area contributed by atoms with E-state index in [0.29, 0.717) is 0 Å². The lowest BCUT2D eigenvalue weighted by Crippen LogP contribution is -2.11. The Morgan fingerprint density at radius 2 is 0.787 bits per heavy atom. The molecule has 0 unspecified atom stereocenters. The molecule has 3 heteroatoms. The molecular weight excluding hydrogens is 739 g/mol. The molecule has 0 atom stereocenters. The van der Waals surface area contributed by atoms with Crippen LogP contribution in [-0.2, 0) is 10.8 Å². The van der Waals surface area contributed by atoms with Gasteiger partial charge in [-0.3, -0.25) is 0 Å². The standard InChI is InChI=1S/C58H45N3/c1-57(2,3)36-30-43-42-29-35-18-14-16-24-41(35)55(59(38-19-9-7-10-20-38)39-21-11-8-12-22-39)56(42)61-49-28-27-48-51(52(49)45(32-36)53(43)61)46-33-37(58(4,5)6)31-44-50-40-23-15-13-17-34(40)25-26-47(50)60(48)54(44)46/h7-33H,1-6H3. The molecule has 13 aromatic rings. The first-order valence-corrected chi connectivity index (χ1v) is 21.7. The van der Waals surface area contributed by atoms with Crippen LogP contribution in [0.15, 0.2) is 164 Å². The molecule has 0 aliphatic carbocycles. The zero-order valence-corrected chi connectivity index (χ0v) is 35.4. The molecule has 0 saturated carbocycles. The van der Waals surface area contributed by atoms with Crippen molar-refractivity contribution in [2.45, 2.75) is 52.4 Å². The van der Waals surface area contributed by atoms with Crippen molar-refractivity contribution in [1.29, 1.82) is 0 Å². The molecule has 4 aromatic heterocycles. The number of hydrogen-bond acceptors (Lipinski definition) is 1. The van der Waals surface area contributed by atoms with Gasteiger partial charge in [-0.1, -0.05) is 133 Å². The Kier molecular flexibility index (Phi) is 6.72. The lowest BCUT2D eigenvalue weighted by Gasteiger charge is -2.28. The second-order valence-corrected chi connectivity index (χ2v) is 19.4. The Bertz CT molecular complexity index is 3890. The van der Waals surface area contributed by atoms with Crippen molar-refractivity contribution in [3.63, 3.8) is 0 Å². The first-order chi connectivity index (χ1) is 29.6. The van der Waals surface area contributed by atoms with Gasteiger partial charge < -0.3 is 13.7 Å². The Morgan fingerprint density at radius 3 is 1.39 bits per heavy atom. The second-order valence-electron chi connectivity index (χ2n) is 19.4. The van der Waals surface area contributed by atoms with Crippen LogP contribution in [0.3, 0.4) is 0 Å². The third-order valence-corrected chi connectivity index (χ3v) is 13.8. The molecule has 0 radical (unpaired) electrons. The SMILES string of the molecule is CC(C)(C)c1cc2c3c4ccccc4ccc3n3c4ccc5c(c6cc(C(C)(C)C)cc7c8cc9ccccc9c(N(c9ccccc9)c9ccccc9)c8n5c76)c4c(c1)c23. The van der Waals surface area contributed by atoms with Crippen molar-refractivity contribution in [2.75, 3.05) is 4.90 Å². The van der Waals surface area contributed by atoms with Crippen molar-refractivity contribution in [1.82, 2.24) is 8.80 Å². The zero-order valence-electron chi connectivity index (χ0n) is 35.4. The summed E-state index contributed by atoms with van der Waals surface area (Å²) in [6.07, 6.45) is 0. The van der Waals surface area contributed by atoms with E-state index in [1.165, 1.54) is 115 Å². The first-order valence-electron chi connectivity index (χ1n) is 21.7. The highest BCUT2D eigenvalue weighted by Gasteiger charge is 2.30. The number of para-hydroxylation sites is 2. The van der Waals surface area contributed by atoms with E-state index in [1.54, 1.807) is 0 Å². The van der Waals surface area contributed by atoms with Gasteiger partial charge in [0, 0.05) is 59.9 Å². The van der Waals surface area contributed by atoms with Gasteiger partial charge in [-0.05, 0) is 111 Å². The molecule has 0 amide bonds. The van der Waals surface area contributed by atoms with Crippen LogP contribution in [0, 0.1) is 0 Å². The summed E-state index contributed by atoms with van der Waals surface area (Å²) in [5.41, 5.74) is 13.7. The van der Waals surface area contributed by atoms with Crippen molar-refractivity contribution < 1.29 is 0 Å². The average Bonchev–Trinajstić information content (AvgIpc) is 3.99. The predicted molar refractivity (Wildman–Crippen MR) is 263 cm³/mol.